The molecule has 0 fully saturated rings. The number of amides is 1. The van der Waals surface area contributed by atoms with Gasteiger partial charge in [0.25, 0.3) is 5.91 Å². The predicted molar refractivity (Wildman–Crippen MR) is 65.0 cm³/mol. The number of nitrogens with zero attached hydrogens (tertiary/aromatic N) is 2. The summed E-state index contributed by atoms with van der Waals surface area (Å²) >= 11 is 0. The fourth-order valence-electron chi connectivity index (χ4n) is 1.15. The monoisotopic (exact) mass is 238 g/mol. The lowest BCUT2D eigenvalue weighted by Gasteiger charge is -2.08. The minimum atomic E-state index is -0.212. The molecule has 0 aliphatic rings. The van der Waals surface area contributed by atoms with Gasteiger partial charge in [-0.15, -0.1) is 0 Å². The zero-order chi connectivity index (χ0) is 12.7. The van der Waals surface area contributed by atoms with E-state index in [1.165, 1.54) is 12.4 Å². The highest BCUT2D eigenvalue weighted by atomic mass is 16.5. The van der Waals surface area contributed by atoms with Crippen molar-refractivity contribution in [3.05, 3.63) is 18.1 Å². The van der Waals surface area contributed by atoms with E-state index in [1.807, 2.05) is 13.8 Å². The lowest BCUT2D eigenvalue weighted by molar-refractivity contribution is 0.0937. The molecule has 6 nitrogen and oxygen atoms in total. The van der Waals surface area contributed by atoms with E-state index in [0.29, 0.717) is 24.7 Å². The normalized spacial score (nSPS) is 10.4. The van der Waals surface area contributed by atoms with Gasteiger partial charge < -0.3 is 15.4 Å². The van der Waals surface area contributed by atoms with Gasteiger partial charge in [0.15, 0.2) is 0 Å². The Morgan fingerprint density at radius 1 is 1.41 bits per heavy atom. The van der Waals surface area contributed by atoms with Crippen LogP contribution in [-0.4, -0.2) is 42.2 Å². The van der Waals surface area contributed by atoms with Crippen LogP contribution in [0.5, 0.6) is 0 Å². The first-order valence-electron chi connectivity index (χ1n) is 5.49. The van der Waals surface area contributed by atoms with Gasteiger partial charge in [-0.25, -0.2) is 9.97 Å². The summed E-state index contributed by atoms with van der Waals surface area (Å²) in [5.74, 6) is 0.416. The van der Waals surface area contributed by atoms with Crippen LogP contribution >= 0.6 is 0 Å². The zero-order valence-corrected chi connectivity index (χ0v) is 10.4. The molecule has 1 aromatic rings. The van der Waals surface area contributed by atoms with Crippen LogP contribution in [0.25, 0.3) is 0 Å². The number of hydrogen-bond donors (Lipinski definition) is 2. The molecule has 2 N–H and O–H groups in total. The first kappa shape index (κ1) is 13.4. The SMILES string of the molecule is COCCNc1cnc(C(=O)NC(C)C)cn1. The van der Waals surface area contributed by atoms with Crippen LogP contribution in [0.2, 0.25) is 0 Å². The molecule has 0 saturated carbocycles. The summed E-state index contributed by atoms with van der Waals surface area (Å²) in [5, 5.41) is 5.77. The first-order chi connectivity index (χ1) is 8.13. The second-order valence-electron chi connectivity index (χ2n) is 3.83. The van der Waals surface area contributed by atoms with Crippen LogP contribution < -0.4 is 10.6 Å². The van der Waals surface area contributed by atoms with Gasteiger partial charge in [-0.3, -0.25) is 4.79 Å². The van der Waals surface area contributed by atoms with Crippen molar-refractivity contribution in [3.8, 4) is 0 Å². The predicted octanol–water partition coefficient (Wildman–Crippen LogP) is 0.673. The Balaban J connectivity index is 2.52. The molecule has 0 bridgehead atoms. The average Bonchev–Trinajstić information content (AvgIpc) is 2.29. The third-order valence-electron chi connectivity index (χ3n) is 1.92. The Morgan fingerprint density at radius 2 is 2.18 bits per heavy atom. The number of anilines is 1. The summed E-state index contributed by atoms with van der Waals surface area (Å²) in [4.78, 5) is 19.7. The minimum absolute atomic E-state index is 0.0869. The Morgan fingerprint density at radius 3 is 2.71 bits per heavy atom. The number of hydrogen-bond acceptors (Lipinski definition) is 5. The van der Waals surface area contributed by atoms with Gasteiger partial charge >= 0.3 is 0 Å². The maximum atomic E-state index is 11.6. The molecule has 0 aromatic carbocycles. The number of aromatic nitrogens is 2. The number of methoxy groups -OCH3 is 1. The molecule has 17 heavy (non-hydrogen) atoms. The molecule has 0 saturated heterocycles. The minimum Gasteiger partial charge on any atom is -0.383 e. The molecule has 0 radical (unpaired) electrons. The number of carbonyl (C=O) groups excluding carboxylic acids is 1. The molecule has 6 heteroatoms. The van der Waals surface area contributed by atoms with Gasteiger partial charge in [0, 0.05) is 19.7 Å². The van der Waals surface area contributed by atoms with Crippen molar-refractivity contribution in [2.24, 2.45) is 0 Å². The van der Waals surface area contributed by atoms with E-state index in [-0.39, 0.29) is 11.9 Å². The molecular weight excluding hydrogens is 220 g/mol. The summed E-state index contributed by atoms with van der Waals surface area (Å²) in [5.41, 5.74) is 0.316. The van der Waals surface area contributed by atoms with E-state index < -0.39 is 0 Å². The quantitative estimate of drug-likeness (QED) is 0.712. The summed E-state index contributed by atoms with van der Waals surface area (Å²) in [6.45, 7) is 5.04. The van der Waals surface area contributed by atoms with E-state index in [2.05, 4.69) is 20.6 Å². The Bertz CT molecular complexity index is 351. The standard InChI is InChI=1S/C11H18N4O2/c1-8(2)15-11(16)9-6-14-10(7-13-9)12-4-5-17-3/h6-8H,4-5H2,1-3H3,(H,12,14)(H,15,16). The van der Waals surface area contributed by atoms with Crippen molar-refractivity contribution in [2.75, 3.05) is 25.6 Å². The second kappa shape index (κ2) is 6.80. The molecule has 1 rings (SSSR count). The van der Waals surface area contributed by atoms with Gasteiger partial charge in [-0.1, -0.05) is 0 Å². The highest BCUT2D eigenvalue weighted by Gasteiger charge is 2.08. The van der Waals surface area contributed by atoms with Crippen molar-refractivity contribution in [1.29, 1.82) is 0 Å². The lowest BCUT2D eigenvalue weighted by atomic mass is 10.3. The molecule has 0 atom stereocenters. The van der Waals surface area contributed by atoms with E-state index >= 15 is 0 Å². The molecule has 1 amide bonds. The largest absolute Gasteiger partial charge is 0.383 e. The number of rotatable bonds is 6. The fourth-order valence-corrected chi connectivity index (χ4v) is 1.15. The maximum absolute atomic E-state index is 11.6. The molecule has 1 aromatic heterocycles. The fraction of sp³-hybridized carbons (Fsp3) is 0.545. The average molecular weight is 238 g/mol. The lowest BCUT2D eigenvalue weighted by Crippen LogP contribution is -2.30. The van der Waals surface area contributed by atoms with Crippen LogP contribution in [0, 0.1) is 0 Å². The molecule has 1 heterocycles. The Kier molecular flexibility index (Phi) is 5.35. The summed E-state index contributed by atoms with van der Waals surface area (Å²) in [7, 11) is 1.63. The molecule has 0 unspecified atom stereocenters. The summed E-state index contributed by atoms with van der Waals surface area (Å²) in [6.07, 6.45) is 2.98. The number of nitrogens with one attached hydrogen (secondary N) is 2. The molecule has 0 aliphatic carbocycles. The van der Waals surface area contributed by atoms with Gasteiger partial charge in [0.05, 0.1) is 19.0 Å². The van der Waals surface area contributed by atoms with Gasteiger partial charge in [0.2, 0.25) is 0 Å². The highest BCUT2D eigenvalue weighted by molar-refractivity contribution is 5.92. The van der Waals surface area contributed by atoms with Crippen molar-refractivity contribution in [3.63, 3.8) is 0 Å². The van der Waals surface area contributed by atoms with Gasteiger partial charge in [-0.05, 0) is 13.8 Å². The van der Waals surface area contributed by atoms with Crippen molar-refractivity contribution in [2.45, 2.75) is 19.9 Å². The van der Waals surface area contributed by atoms with Crippen LogP contribution in [-0.2, 0) is 4.74 Å². The number of carbonyl (C=O) groups is 1. The van der Waals surface area contributed by atoms with Crippen molar-refractivity contribution in [1.82, 2.24) is 15.3 Å². The Hall–Kier alpha value is -1.69. The third-order valence-corrected chi connectivity index (χ3v) is 1.92. The van der Waals surface area contributed by atoms with E-state index in [4.69, 9.17) is 4.74 Å². The van der Waals surface area contributed by atoms with Crippen molar-refractivity contribution < 1.29 is 9.53 Å². The van der Waals surface area contributed by atoms with Crippen LogP contribution in [0.1, 0.15) is 24.3 Å². The summed E-state index contributed by atoms with van der Waals surface area (Å²) in [6, 6.07) is 0.0869. The van der Waals surface area contributed by atoms with Crippen LogP contribution in [0.3, 0.4) is 0 Å². The van der Waals surface area contributed by atoms with Crippen LogP contribution in [0.15, 0.2) is 12.4 Å². The smallest absolute Gasteiger partial charge is 0.271 e. The molecule has 0 spiro atoms. The van der Waals surface area contributed by atoms with E-state index in [0.717, 1.165) is 0 Å². The van der Waals surface area contributed by atoms with Crippen LogP contribution in [0.4, 0.5) is 5.82 Å². The third kappa shape index (κ3) is 4.78. The molecule has 94 valence electrons. The summed E-state index contributed by atoms with van der Waals surface area (Å²) < 4.78 is 4.89. The zero-order valence-electron chi connectivity index (χ0n) is 10.4. The first-order valence-corrected chi connectivity index (χ1v) is 5.49. The Labute approximate surface area is 101 Å². The highest BCUT2D eigenvalue weighted by Crippen LogP contribution is 2.00. The van der Waals surface area contributed by atoms with E-state index in [1.54, 1.807) is 7.11 Å². The number of ether oxygens (including phenoxy) is 1. The molecule has 0 aliphatic heterocycles. The maximum Gasteiger partial charge on any atom is 0.271 e. The van der Waals surface area contributed by atoms with E-state index in [9.17, 15) is 4.79 Å². The molecular formula is C11H18N4O2. The van der Waals surface area contributed by atoms with Crippen molar-refractivity contribution >= 4 is 11.7 Å². The van der Waals surface area contributed by atoms with Gasteiger partial charge in [-0.2, -0.15) is 0 Å². The van der Waals surface area contributed by atoms with Gasteiger partial charge in [0.1, 0.15) is 11.5 Å². The topological polar surface area (TPSA) is 76.1 Å². The second-order valence-corrected chi connectivity index (χ2v) is 3.83.